The largest absolute Gasteiger partial charge is 0.403 e. The zero-order valence-corrected chi connectivity index (χ0v) is 19.3. The minimum Gasteiger partial charge on any atom is -0.355 e. The van der Waals surface area contributed by atoms with E-state index >= 15 is 0 Å². The van der Waals surface area contributed by atoms with Crippen LogP contribution in [0.15, 0.2) is 18.2 Å². The van der Waals surface area contributed by atoms with Crippen LogP contribution in [0.4, 0.5) is 19.0 Å². The van der Waals surface area contributed by atoms with E-state index in [2.05, 4.69) is 14.8 Å². The standard InChI is InChI=1S/C23H35F3N6O/c1-17(23(24,25)26)29-12-8-19(9-13-29)30-10-3-11-31(15-14-30)21-5-2-4-20(28-21)22(33)32(27)16-18-6-7-18/h2,4-5,17-19H,3,6-16,27H2,1H3/t17-/m0/s1. The predicted molar refractivity (Wildman–Crippen MR) is 121 cm³/mol. The quantitative estimate of drug-likeness (QED) is 0.393. The smallest absolute Gasteiger partial charge is 0.355 e. The number of hydrogen-bond acceptors (Lipinski definition) is 6. The lowest BCUT2D eigenvalue weighted by molar-refractivity contribution is -0.182. The molecule has 4 rings (SSSR count). The average Bonchev–Trinajstić information content (AvgIpc) is 3.64. The Morgan fingerprint density at radius 1 is 1.12 bits per heavy atom. The van der Waals surface area contributed by atoms with Crippen LogP contribution in [0.1, 0.15) is 49.5 Å². The summed E-state index contributed by atoms with van der Waals surface area (Å²) in [6, 6.07) is 4.41. The summed E-state index contributed by atoms with van der Waals surface area (Å²) in [5, 5.41) is 1.28. The van der Waals surface area contributed by atoms with Crippen molar-refractivity contribution in [1.82, 2.24) is 19.8 Å². The number of hydrazine groups is 1. The van der Waals surface area contributed by atoms with Crippen LogP contribution >= 0.6 is 0 Å². The zero-order valence-electron chi connectivity index (χ0n) is 19.3. The Morgan fingerprint density at radius 2 is 1.85 bits per heavy atom. The maximum Gasteiger partial charge on any atom is 0.403 e. The molecule has 1 atom stereocenters. The molecule has 10 heteroatoms. The summed E-state index contributed by atoms with van der Waals surface area (Å²) >= 11 is 0. The molecule has 3 aliphatic rings. The first-order chi connectivity index (χ1) is 15.7. The van der Waals surface area contributed by atoms with Crippen molar-refractivity contribution in [2.75, 3.05) is 50.7 Å². The lowest BCUT2D eigenvalue weighted by atomic mass is 10.0. The molecule has 0 spiro atoms. The number of alkyl halides is 3. The lowest BCUT2D eigenvalue weighted by Crippen LogP contribution is -2.51. The van der Waals surface area contributed by atoms with Crippen LogP contribution in [0, 0.1) is 5.92 Å². The van der Waals surface area contributed by atoms with E-state index in [0.717, 1.165) is 64.1 Å². The summed E-state index contributed by atoms with van der Waals surface area (Å²) in [4.78, 5) is 23.4. The molecule has 3 fully saturated rings. The van der Waals surface area contributed by atoms with Gasteiger partial charge in [0, 0.05) is 51.9 Å². The second-order valence-corrected chi connectivity index (χ2v) is 9.64. The molecule has 0 aromatic carbocycles. The molecular formula is C23H35F3N6O. The van der Waals surface area contributed by atoms with E-state index in [9.17, 15) is 18.0 Å². The first kappa shape index (κ1) is 24.2. The fourth-order valence-electron chi connectivity index (χ4n) is 4.90. The van der Waals surface area contributed by atoms with Gasteiger partial charge in [-0.15, -0.1) is 0 Å². The van der Waals surface area contributed by atoms with E-state index in [1.54, 1.807) is 11.0 Å². The van der Waals surface area contributed by atoms with Crippen molar-refractivity contribution < 1.29 is 18.0 Å². The maximum absolute atomic E-state index is 13.0. The minimum absolute atomic E-state index is 0.250. The van der Waals surface area contributed by atoms with Crippen molar-refractivity contribution in [3.05, 3.63) is 23.9 Å². The van der Waals surface area contributed by atoms with Gasteiger partial charge in [0.15, 0.2) is 0 Å². The molecule has 0 bridgehead atoms. The fourth-order valence-corrected chi connectivity index (χ4v) is 4.90. The summed E-state index contributed by atoms with van der Waals surface area (Å²) in [6.07, 6.45) is 0.547. The van der Waals surface area contributed by atoms with Crippen molar-refractivity contribution in [2.45, 2.75) is 57.3 Å². The molecule has 7 nitrogen and oxygen atoms in total. The van der Waals surface area contributed by atoms with E-state index in [4.69, 9.17) is 5.84 Å². The average molecular weight is 469 g/mol. The lowest BCUT2D eigenvalue weighted by Gasteiger charge is -2.40. The Hall–Kier alpha value is -1.91. The highest BCUT2D eigenvalue weighted by atomic mass is 19.4. The Bertz CT molecular complexity index is 810. The fraction of sp³-hybridized carbons (Fsp3) is 0.739. The SMILES string of the molecule is C[C@H](N1CCC(N2CCCN(c3cccc(C(=O)N(N)CC4CC4)n3)CC2)CC1)C(F)(F)F. The molecule has 0 unspecified atom stereocenters. The molecule has 3 heterocycles. The van der Waals surface area contributed by atoms with Crippen molar-refractivity contribution in [2.24, 2.45) is 11.8 Å². The first-order valence-electron chi connectivity index (χ1n) is 12.1. The number of anilines is 1. The van der Waals surface area contributed by atoms with Gasteiger partial charge < -0.3 is 4.90 Å². The third-order valence-electron chi connectivity index (χ3n) is 7.26. The number of nitrogens with zero attached hydrogens (tertiary/aromatic N) is 5. The molecule has 2 N–H and O–H groups in total. The number of rotatable bonds is 6. The van der Waals surface area contributed by atoms with Gasteiger partial charge in [0.25, 0.3) is 5.91 Å². The highest BCUT2D eigenvalue weighted by molar-refractivity contribution is 5.92. The molecule has 1 aromatic rings. The molecule has 1 aromatic heterocycles. The van der Waals surface area contributed by atoms with Crippen LogP contribution in [0.2, 0.25) is 0 Å². The molecule has 184 valence electrons. The zero-order chi connectivity index (χ0) is 23.6. The number of likely N-dealkylation sites (tertiary alicyclic amines) is 1. The Kier molecular flexibility index (Phi) is 7.45. The van der Waals surface area contributed by atoms with Gasteiger partial charge in [-0.1, -0.05) is 6.07 Å². The molecule has 2 aliphatic heterocycles. The summed E-state index contributed by atoms with van der Waals surface area (Å²) < 4.78 is 39.1. The normalized spacial score (nSPS) is 22.8. The molecule has 1 amide bonds. The van der Waals surface area contributed by atoms with Gasteiger partial charge in [-0.2, -0.15) is 13.2 Å². The van der Waals surface area contributed by atoms with Crippen molar-refractivity contribution in [3.63, 3.8) is 0 Å². The third kappa shape index (κ3) is 6.16. The third-order valence-corrected chi connectivity index (χ3v) is 7.26. The number of amides is 1. The first-order valence-corrected chi connectivity index (χ1v) is 12.1. The second kappa shape index (κ2) is 10.1. The highest BCUT2D eigenvalue weighted by Gasteiger charge is 2.41. The van der Waals surface area contributed by atoms with E-state index in [-0.39, 0.29) is 5.91 Å². The predicted octanol–water partition coefficient (Wildman–Crippen LogP) is 2.73. The molecule has 1 aliphatic carbocycles. The number of hydrogen-bond donors (Lipinski definition) is 1. The molecule has 1 saturated carbocycles. The van der Waals surface area contributed by atoms with Gasteiger partial charge in [0.2, 0.25) is 0 Å². The minimum atomic E-state index is -4.17. The number of carbonyl (C=O) groups excluding carboxylic acids is 1. The van der Waals surface area contributed by atoms with Crippen molar-refractivity contribution in [1.29, 1.82) is 0 Å². The van der Waals surface area contributed by atoms with Gasteiger partial charge in [-0.25, -0.2) is 10.8 Å². The van der Waals surface area contributed by atoms with E-state index < -0.39 is 12.2 Å². The van der Waals surface area contributed by atoms with Gasteiger partial charge in [-0.05, 0) is 57.1 Å². The topological polar surface area (TPSA) is 68.9 Å². The molecule has 2 saturated heterocycles. The Labute approximate surface area is 193 Å². The number of carbonyl (C=O) groups is 1. The van der Waals surface area contributed by atoms with Gasteiger partial charge in [0.1, 0.15) is 17.6 Å². The van der Waals surface area contributed by atoms with Crippen LogP contribution in [-0.4, -0.2) is 89.8 Å². The number of piperidine rings is 1. The Morgan fingerprint density at radius 3 is 2.52 bits per heavy atom. The number of aromatic nitrogens is 1. The molecule has 33 heavy (non-hydrogen) atoms. The van der Waals surface area contributed by atoms with Crippen molar-refractivity contribution >= 4 is 11.7 Å². The monoisotopic (exact) mass is 468 g/mol. The Balaban J connectivity index is 1.31. The highest BCUT2D eigenvalue weighted by Crippen LogP contribution is 2.30. The molecule has 0 radical (unpaired) electrons. The maximum atomic E-state index is 13.0. The van der Waals surface area contributed by atoms with Crippen LogP contribution in [-0.2, 0) is 0 Å². The summed E-state index contributed by atoms with van der Waals surface area (Å²) in [5.74, 6) is 6.99. The van der Waals surface area contributed by atoms with Crippen LogP contribution in [0.5, 0.6) is 0 Å². The number of pyridine rings is 1. The summed E-state index contributed by atoms with van der Waals surface area (Å²) in [7, 11) is 0. The summed E-state index contributed by atoms with van der Waals surface area (Å²) in [6.45, 7) is 6.16. The van der Waals surface area contributed by atoms with Gasteiger partial charge in [-0.3, -0.25) is 19.6 Å². The second-order valence-electron chi connectivity index (χ2n) is 9.64. The van der Waals surface area contributed by atoms with E-state index in [0.29, 0.717) is 37.3 Å². The van der Waals surface area contributed by atoms with E-state index in [1.807, 2.05) is 12.1 Å². The van der Waals surface area contributed by atoms with Gasteiger partial charge in [0.05, 0.1) is 0 Å². The van der Waals surface area contributed by atoms with E-state index in [1.165, 1.54) is 11.9 Å². The van der Waals surface area contributed by atoms with Gasteiger partial charge >= 0.3 is 6.18 Å². The van der Waals surface area contributed by atoms with Crippen LogP contribution < -0.4 is 10.7 Å². The number of halogens is 3. The summed E-state index contributed by atoms with van der Waals surface area (Å²) in [5.41, 5.74) is 0.364. The van der Waals surface area contributed by atoms with Crippen molar-refractivity contribution in [3.8, 4) is 0 Å². The van der Waals surface area contributed by atoms with Crippen LogP contribution in [0.25, 0.3) is 0 Å². The molecular weight excluding hydrogens is 433 g/mol. The van der Waals surface area contributed by atoms with Crippen LogP contribution in [0.3, 0.4) is 0 Å². The number of nitrogens with two attached hydrogens (primary N) is 1.